The first-order valence-electron chi connectivity index (χ1n) is 7.29. The lowest BCUT2D eigenvalue weighted by atomic mass is 10.1. The van der Waals surface area contributed by atoms with Gasteiger partial charge in [0.2, 0.25) is 5.89 Å². The number of rotatable bonds is 7. The van der Waals surface area contributed by atoms with Gasteiger partial charge < -0.3 is 20.6 Å². The number of nitrogens with one attached hydrogen (secondary N) is 1. The van der Waals surface area contributed by atoms with Crippen LogP contribution in [0.2, 0.25) is 0 Å². The molecule has 0 saturated carbocycles. The molecule has 0 bridgehead atoms. The van der Waals surface area contributed by atoms with Crippen molar-refractivity contribution >= 4 is 5.91 Å². The second-order valence-electron chi connectivity index (χ2n) is 5.18. The first-order chi connectivity index (χ1) is 10.6. The van der Waals surface area contributed by atoms with E-state index in [0.29, 0.717) is 6.54 Å². The first-order valence-corrected chi connectivity index (χ1v) is 7.29. The van der Waals surface area contributed by atoms with E-state index in [4.69, 9.17) is 10.2 Å². The van der Waals surface area contributed by atoms with Crippen molar-refractivity contribution in [3.8, 4) is 0 Å². The maximum absolute atomic E-state index is 11.9. The Kier molecular flexibility index (Phi) is 5.68. The summed E-state index contributed by atoms with van der Waals surface area (Å²) in [6.07, 6.45) is 2.20. The lowest BCUT2D eigenvalue weighted by Gasteiger charge is -2.09. The summed E-state index contributed by atoms with van der Waals surface area (Å²) in [5.74, 6) is -0.148. The van der Waals surface area contributed by atoms with E-state index in [1.54, 1.807) is 0 Å². The number of aromatic nitrogens is 1. The molecule has 1 aromatic heterocycles. The molecule has 2 atom stereocenters. The largest absolute Gasteiger partial charge is 0.446 e. The molecule has 2 unspecified atom stereocenters. The highest BCUT2D eigenvalue weighted by Crippen LogP contribution is 2.13. The van der Waals surface area contributed by atoms with Gasteiger partial charge in [0, 0.05) is 6.54 Å². The minimum absolute atomic E-state index is 0.157. The molecule has 118 valence electrons. The van der Waals surface area contributed by atoms with Gasteiger partial charge >= 0.3 is 0 Å². The van der Waals surface area contributed by atoms with Crippen LogP contribution < -0.4 is 11.1 Å². The van der Waals surface area contributed by atoms with Crippen LogP contribution >= 0.6 is 0 Å². The summed E-state index contributed by atoms with van der Waals surface area (Å²) in [5.41, 5.74) is 7.11. The lowest BCUT2D eigenvalue weighted by molar-refractivity contribution is 0.0948. The van der Waals surface area contributed by atoms with Gasteiger partial charge in [-0.2, -0.15) is 0 Å². The number of carbonyl (C=O) groups is 1. The van der Waals surface area contributed by atoms with Crippen molar-refractivity contribution in [1.82, 2.24) is 10.3 Å². The third kappa shape index (κ3) is 4.41. The van der Waals surface area contributed by atoms with Crippen LogP contribution in [-0.4, -0.2) is 28.6 Å². The molecule has 4 N–H and O–H groups in total. The summed E-state index contributed by atoms with van der Waals surface area (Å²) in [7, 11) is 0. The van der Waals surface area contributed by atoms with Crippen molar-refractivity contribution in [2.45, 2.75) is 31.9 Å². The highest BCUT2D eigenvalue weighted by molar-refractivity contribution is 5.91. The summed E-state index contributed by atoms with van der Waals surface area (Å²) >= 11 is 0. The Morgan fingerprint density at radius 1 is 1.41 bits per heavy atom. The smallest absolute Gasteiger partial charge is 0.273 e. The number of aryl methyl sites for hydroxylation is 1. The number of aliphatic hydroxyl groups excluding tert-OH is 1. The summed E-state index contributed by atoms with van der Waals surface area (Å²) in [6.45, 7) is 2.09. The van der Waals surface area contributed by atoms with Crippen LogP contribution in [0.5, 0.6) is 0 Å². The quantitative estimate of drug-likeness (QED) is 0.671. The Morgan fingerprint density at radius 2 is 2.14 bits per heavy atom. The Hall–Kier alpha value is -2.18. The second-order valence-corrected chi connectivity index (χ2v) is 5.18. The normalized spacial score (nSPS) is 13.6. The maximum atomic E-state index is 11.9. The fourth-order valence-electron chi connectivity index (χ4n) is 1.98. The average Bonchev–Trinajstić information content (AvgIpc) is 3.01. The Balaban J connectivity index is 1.78. The topological polar surface area (TPSA) is 101 Å². The number of nitrogens with two attached hydrogens (primary N) is 1. The van der Waals surface area contributed by atoms with E-state index in [1.165, 1.54) is 18.8 Å². The first kappa shape index (κ1) is 16.2. The zero-order chi connectivity index (χ0) is 15.9. The van der Waals surface area contributed by atoms with Gasteiger partial charge in [-0.15, -0.1) is 0 Å². The molecule has 0 aliphatic rings. The molecule has 0 saturated heterocycles. The van der Waals surface area contributed by atoms with Crippen LogP contribution in [0, 0.1) is 0 Å². The number of nitrogens with zero attached hydrogens (tertiary/aromatic N) is 1. The molecule has 0 aliphatic heterocycles. The number of aliphatic hydroxyl groups is 1. The van der Waals surface area contributed by atoms with Gasteiger partial charge in [-0.25, -0.2) is 4.98 Å². The molecule has 2 rings (SSSR count). The Bertz CT molecular complexity index is 596. The predicted molar refractivity (Wildman–Crippen MR) is 82.2 cm³/mol. The van der Waals surface area contributed by atoms with Crippen molar-refractivity contribution in [3.63, 3.8) is 0 Å². The summed E-state index contributed by atoms with van der Waals surface area (Å²) in [5, 5.41) is 12.2. The van der Waals surface area contributed by atoms with E-state index in [2.05, 4.69) is 22.4 Å². The van der Waals surface area contributed by atoms with E-state index in [1.807, 2.05) is 18.2 Å². The van der Waals surface area contributed by atoms with E-state index in [9.17, 15) is 9.90 Å². The van der Waals surface area contributed by atoms with Gasteiger partial charge in [-0.1, -0.05) is 30.3 Å². The van der Waals surface area contributed by atoms with E-state index in [0.717, 1.165) is 12.8 Å². The highest BCUT2D eigenvalue weighted by Gasteiger charge is 2.20. The minimum Gasteiger partial charge on any atom is -0.446 e. The third-order valence-electron chi connectivity index (χ3n) is 3.33. The summed E-state index contributed by atoms with van der Waals surface area (Å²) < 4.78 is 5.13. The van der Waals surface area contributed by atoms with Crippen LogP contribution in [-0.2, 0) is 6.42 Å². The SMILES string of the molecule is CC(O)C(N)c1nc(C(=O)NCCCc2ccccc2)co1. The fraction of sp³-hybridized carbons (Fsp3) is 0.375. The number of amides is 1. The van der Waals surface area contributed by atoms with Crippen molar-refractivity contribution in [1.29, 1.82) is 0 Å². The summed E-state index contributed by atoms with van der Waals surface area (Å²) in [4.78, 5) is 15.9. The lowest BCUT2D eigenvalue weighted by Crippen LogP contribution is -2.26. The van der Waals surface area contributed by atoms with Crippen LogP contribution in [0.25, 0.3) is 0 Å². The van der Waals surface area contributed by atoms with Crippen LogP contribution in [0.4, 0.5) is 0 Å². The number of carbonyl (C=O) groups excluding carboxylic acids is 1. The zero-order valence-electron chi connectivity index (χ0n) is 12.5. The van der Waals surface area contributed by atoms with Gasteiger partial charge in [-0.3, -0.25) is 4.79 Å². The molecular weight excluding hydrogens is 282 g/mol. The number of oxazole rings is 1. The standard InChI is InChI=1S/C16H21N3O3/c1-11(20)14(17)16-19-13(10-22-16)15(21)18-9-5-8-12-6-3-2-4-7-12/h2-4,6-7,10-11,14,20H,5,8-9,17H2,1H3,(H,18,21). The monoisotopic (exact) mass is 303 g/mol. The molecule has 0 spiro atoms. The van der Waals surface area contributed by atoms with Gasteiger partial charge in [0.15, 0.2) is 5.69 Å². The molecule has 0 fully saturated rings. The zero-order valence-corrected chi connectivity index (χ0v) is 12.5. The minimum atomic E-state index is -0.791. The second kappa shape index (κ2) is 7.72. The Morgan fingerprint density at radius 3 is 2.82 bits per heavy atom. The molecule has 22 heavy (non-hydrogen) atoms. The average molecular weight is 303 g/mol. The molecule has 2 aromatic rings. The maximum Gasteiger partial charge on any atom is 0.273 e. The van der Waals surface area contributed by atoms with Crippen molar-refractivity contribution in [2.24, 2.45) is 5.73 Å². The van der Waals surface area contributed by atoms with E-state index < -0.39 is 12.1 Å². The molecule has 1 amide bonds. The van der Waals surface area contributed by atoms with Crippen molar-refractivity contribution < 1.29 is 14.3 Å². The summed E-state index contributed by atoms with van der Waals surface area (Å²) in [6, 6.07) is 9.35. The molecule has 6 heteroatoms. The van der Waals surface area contributed by atoms with Crippen LogP contribution in [0.15, 0.2) is 41.0 Å². The number of benzene rings is 1. The molecule has 0 radical (unpaired) electrons. The predicted octanol–water partition coefficient (Wildman–Crippen LogP) is 1.42. The van der Waals surface area contributed by atoms with Gasteiger partial charge in [-0.05, 0) is 25.3 Å². The number of hydrogen-bond acceptors (Lipinski definition) is 5. The molecule has 1 aromatic carbocycles. The van der Waals surface area contributed by atoms with Crippen LogP contribution in [0.1, 0.15) is 41.3 Å². The van der Waals surface area contributed by atoms with Gasteiger partial charge in [0.1, 0.15) is 12.3 Å². The van der Waals surface area contributed by atoms with Crippen LogP contribution in [0.3, 0.4) is 0 Å². The Labute approximate surface area is 129 Å². The molecule has 1 heterocycles. The highest BCUT2D eigenvalue weighted by atomic mass is 16.3. The van der Waals surface area contributed by atoms with E-state index in [-0.39, 0.29) is 17.5 Å². The third-order valence-corrected chi connectivity index (χ3v) is 3.33. The fourth-order valence-corrected chi connectivity index (χ4v) is 1.98. The molecule has 0 aliphatic carbocycles. The van der Waals surface area contributed by atoms with E-state index >= 15 is 0 Å². The molecular formula is C16H21N3O3. The van der Waals surface area contributed by atoms with Gasteiger partial charge in [0.25, 0.3) is 5.91 Å². The molecule has 6 nitrogen and oxygen atoms in total. The number of hydrogen-bond donors (Lipinski definition) is 3. The van der Waals surface area contributed by atoms with Crippen molar-refractivity contribution in [3.05, 3.63) is 53.7 Å². The van der Waals surface area contributed by atoms with Crippen molar-refractivity contribution in [2.75, 3.05) is 6.54 Å². The van der Waals surface area contributed by atoms with Gasteiger partial charge in [0.05, 0.1) is 6.10 Å².